The molecule has 1 N–H and O–H groups in total. The Morgan fingerprint density at radius 2 is 1.72 bits per heavy atom. The maximum absolute atomic E-state index is 5.50. The van der Waals surface area contributed by atoms with Gasteiger partial charge < -0.3 is 4.74 Å². The van der Waals surface area contributed by atoms with E-state index in [9.17, 15) is 0 Å². The standard InChI is InChI=1S/C21H22N2OS/c1-2-7-17(8-3-1)16-25-23(21-11-6-12-24-15-21)22-20-13-18-9-4-5-10-19(18)14-20/h1-12,20,22H,13-16H2. The van der Waals surface area contributed by atoms with E-state index in [0.717, 1.165) is 24.3 Å². The van der Waals surface area contributed by atoms with Crippen LogP contribution in [0.1, 0.15) is 16.7 Å². The van der Waals surface area contributed by atoms with E-state index in [1.54, 1.807) is 18.2 Å². The summed E-state index contributed by atoms with van der Waals surface area (Å²) in [7, 11) is 0. The van der Waals surface area contributed by atoms with Crippen LogP contribution < -0.4 is 5.43 Å². The molecule has 0 saturated carbocycles. The number of rotatable bonds is 6. The molecule has 1 aliphatic heterocycles. The zero-order chi connectivity index (χ0) is 16.9. The Labute approximate surface area is 153 Å². The van der Waals surface area contributed by atoms with Crippen molar-refractivity contribution in [1.29, 1.82) is 0 Å². The van der Waals surface area contributed by atoms with Crippen LogP contribution in [0.4, 0.5) is 0 Å². The van der Waals surface area contributed by atoms with Crippen LogP contribution in [0.3, 0.4) is 0 Å². The van der Waals surface area contributed by atoms with Crippen LogP contribution in [0.15, 0.2) is 78.7 Å². The van der Waals surface area contributed by atoms with Gasteiger partial charge in [-0.1, -0.05) is 54.6 Å². The normalized spacial score (nSPS) is 16.2. The van der Waals surface area contributed by atoms with Gasteiger partial charge in [0.1, 0.15) is 6.61 Å². The van der Waals surface area contributed by atoms with Gasteiger partial charge in [0.05, 0.1) is 12.0 Å². The molecule has 0 unspecified atom stereocenters. The molecule has 0 radical (unpaired) electrons. The third-order valence-corrected chi connectivity index (χ3v) is 5.57. The molecule has 0 fully saturated rings. The fourth-order valence-corrected chi connectivity index (χ4v) is 4.22. The van der Waals surface area contributed by atoms with Crippen molar-refractivity contribution in [3.05, 3.63) is 95.4 Å². The minimum Gasteiger partial charge on any atom is -0.495 e. The lowest BCUT2D eigenvalue weighted by molar-refractivity contribution is 0.231. The minimum absolute atomic E-state index is 0.424. The molecule has 0 spiro atoms. The number of hydrazine groups is 1. The van der Waals surface area contributed by atoms with Gasteiger partial charge in [-0.3, -0.25) is 4.41 Å². The van der Waals surface area contributed by atoms with Crippen molar-refractivity contribution in [1.82, 2.24) is 9.84 Å². The Kier molecular flexibility index (Phi) is 5.09. The lowest BCUT2D eigenvalue weighted by Gasteiger charge is -2.30. The van der Waals surface area contributed by atoms with Crippen molar-refractivity contribution >= 4 is 11.9 Å². The fraction of sp³-hybridized carbons (Fsp3) is 0.238. The number of benzene rings is 2. The predicted molar refractivity (Wildman–Crippen MR) is 104 cm³/mol. The van der Waals surface area contributed by atoms with Crippen LogP contribution in [-0.2, 0) is 23.3 Å². The molecule has 1 heterocycles. The smallest absolute Gasteiger partial charge is 0.129 e. The monoisotopic (exact) mass is 350 g/mol. The Hall–Kier alpha value is -2.17. The van der Waals surface area contributed by atoms with Gasteiger partial charge in [0.15, 0.2) is 0 Å². The summed E-state index contributed by atoms with van der Waals surface area (Å²) in [4.78, 5) is 0. The first-order valence-corrected chi connectivity index (χ1v) is 9.60. The summed E-state index contributed by atoms with van der Waals surface area (Å²) in [6.07, 6.45) is 7.97. The topological polar surface area (TPSA) is 24.5 Å². The predicted octanol–water partition coefficient (Wildman–Crippen LogP) is 4.24. The van der Waals surface area contributed by atoms with Crippen molar-refractivity contribution in [2.75, 3.05) is 6.61 Å². The highest BCUT2D eigenvalue weighted by atomic mass is 32.2. The Bertz CT molecular complexity index is 747. The first-order chi connectivity index (χ1) is 12.4. The highest BCUT2D eigenvalue weighted by Crippen LogP contribution is 2.26. The maximum Gasteiger partial charge on any atom is 0.129 e. The summed E-state index contributed by atoms with van der Waals surface area (Å²) in [5.41, 5.74) is 9.11. The van der Waals surface area contributed by atoms with Gasteiger partial charge >= 0.3 is 0 Å². The van der Waals surface area contributed by atoms with E-state index in [1.165, 1.54) is 16.7 Å². The number of nitrogens with one attached hydrogen (secondary N) is 1. The summed E-state index contributed by atoms with van der Waals surface area (Å²) in [5, 5.41) is 0. The number of ether oxygens (including phenoxy) is 1. The first-order valence-electron chi connectivity index (χ1n) is 8.66. The molecule has 0 aromatic heterocycles. The molecule has 4 heteroatoms. The molecule has 25 heavy (non-hydrogen) atoms. The van der Waals surface area contributed by atoms with Crippen molar-refractivity contribution in [2.45, 2.75) is 24.6 Å². The van der Waals surface area contributed by atoms with E-state index in [1.807, 2.05) is 6.08 Å². The van der Waals surface area contributed by atoms with Crippen LogP contribution in [0.25, 0.3) is 0 Å². The molecule has 4 rings (SSSR count). The summed E-state index contributed by atoms with van der Waals surface area (Å²) >= 11 is 1.79. The lowest BCUT2D eigenvalue weighted by Crippen LogP contribution is -2.41. The Morgan fingerprint density at radius 3 is 2.40 bits per heavy atom. The summed E-state index contributed by atoms with van der Waals surface area (Å²) < 4.78 is 7.70. The second-order valence-electron chi connectivity index (χ2n) is 6.35. The van der Waals surface area contributed by atoms with Crippen molar-refractivity contribution < 1.29 is 4.74 Å². The summed E-state index contributed by atoms with van der Waals surface area (Å²) in [6, 6.07) is 19.7. The first kappa shape index (κ1) is 16.3. The highest BCUT2D eigenvalue weighted by molar-refractivity contribution is 7.96. The number of allylic oxidation sites excluding steroid dienone is 2. The van der Waals surface area contributed by atoms with E-state index >= 15 is 0 Å². The van der Waals surface area contributed by atoms with Gasteiger partial charge in [-0.15, -0.1) is 0 Å². The summed E-state index contributed by atoms with van der Waals surface area (Å²) in [5.74, 6) is 0.925. The SMILES string of the molecule is C1=COCC(N(NC2Cc3ccccc3C2)SCc2ccccc2)=C1. The number of hydrogen-bond acceptors (Lipinski definition) is 4. The van der Waals surface area contributed by atoms with Crippen LogP contribution in [0.5, 0.6) is 0 Å². The second kappa shape index (κ2) is 7.81. The van der Waals surface area contributed by atoms with Crippen LogP contribution in [0, 0.1) is 0 Å². The van der Waals surface area contributed by atoms with Gasteiger partial charge in [-0.25, -0.2) is 5.43 Å². The molecule has 2 aromatic carbocycles. The molecule has 0 bridgehead atoms. The maximum atomic E-state index is 5.50. The van der Waals surface area contributed by atoms with Crippen molar-refractivity contribution in [3.8, 4) is 0 Å². The minimum atomic E-state index is 0.424. The molecular weight excluding hydrogens is 328 g/mol. The van der Waals surface area contributed by atoms with Gasteiger partial charge in [-0.2, -0.15) is 0 Å². The number of nitrogens with zero attached hydrogens (tertiary/aromatic N) is 1. The zero-order valence-corrected chi connectivity index (χ0v) is 14.9. The fourth-order valence-electron chi connectivity index (χ4n) is 3.25. The molecule has 1 aliphatic carbocycles. The van der Waals surface area contributed by atoms with E-state index in [0.29, 0.717) is 12.6 Å². The molecule has 0 atom stereocenters. The quantitative estimate of drug-likeness (QED) is 0.622. The van der Waals surface area contributed by atoms with E-state index in [-0.39, 0.29) is 0 Å². The van der Waals surface area contributed by atoms with Crippen LogP contribution in [-0.4, -0.2) is 17.1 Å². The molecular formula is C21H22N2OS. The molecule has 0 saturated heterocycles. The second-order valence-corrected chi connectivity index (χ2v) is 7.27. The van der Waals surface area contributed by atoms with E-state index < -0.39 is 0 Å². The number of fused-ring (bicyclic) bond motifs is 1. The highest BCUT2D eigenvalue weighted by Gasteiger charge is 2.24. The molecule has 2 aromatic rings. The molecule has 0 amide bonds. The molecule has 128 valence electrons. The molecule has 2 aliphatic rings. The van der Waals surface area contributed by atoms with Gasteiger partial charge in [0.2, 0.25) is 0 Å². The van der Waals surface area contributed by atoms with Crippen LogP contribution in [0.2, 0.25) is 0 Å². The Balaban J connectivity index is 1.44. The van der Waals surface area contributed by atoms with Gasteiger partial charge in [-0.05, 0) is 53.6 Å². The van der Waals surface area contributed by atoms with Crippen LogP contribution >= 0.6 is 11.9 Å². The average Bonchev–Trinajstić information content (AvgIpc) is 3.09. The van der Waals surface area contributed by atoms with Crippen molar-refractivity contribution in [2.24, 2.45) is 0 Å². The number of hydrogen-bond donors (Lipinski definition) is 1. The van der Waals surface area contributed by atoms with E-state index in [4.69, 9.17) is 4.74 Å². The third kappa shape index (κ3) is 4.09. The van der Waals surface area contributed by atoms with Gasteiger partial charge in [0, 0.05) is 11.8 Å². The van der Waals surface area contributed by atoms with Gasteiger partial charge in [0.25, 0.3) is 0 Å². The zero-order valence-electron chi connectivity index (χ0n) is 14.1. The third-order valence-electron chi connectivity index (χ3n) is 4.51. The van der Waals surface area contributed by atoms with E-state index in [2.05, 4.69) is 70.5 Å². The van der Waals surface area contributed by atoms with Crippen molar-refractivity contribution in [3.63, 3.8) is 0 Å². The average molecular weight is 350 g/mol. The lowest BCUT2D eigenvalue weighted by atomic mass is 10.1. The largest absolute Gasteiger partial charge is 0.495 e. The Morgan fingerprint density at radius 1 is 1.00 bits per heavy atom. The summed E-state index contributed by atoms with van der Waals surface area (Å²) in [6.45, 7) is 0.602. The molecule has 3 nitrogen and oxygen atoms in total.